The lowest BCUT2D eigenvalue weighted by Crippen LogP contribution is -2.50. The van der Waals surface area contributed by atoms with Crippen LogP contribution in [0, 0.1) is 11.3 Å². The van der Waals surface area contributed by atoms with E-state index in [2.05, 4.69) is 10.6 Å². The molecule has 2 saturated heterocycles. The van der Waals surface area contributed by atoms with E-state index in [4.69, 9.17) is 0 Å². The zero-order valence-electron chi connectivity index (χ0n) is 12.6. The van der Waals surface area contributed by atoms with E-state index in [1.807, 2.05) is 20.8 Å². The standard InChI is InChI=1S/C15H26N2O3/c1-15(2,3)13(14(19)20)17-12(18)8-9-6-10-4-5-11(7-9)16-10/h9-11,13,16H,4-8H2,1-3H3,(H,17,18)(H,19,20)/t9?,10?,11?,13-/m0/s1. The van der Waals surface area contributed by atoms with Gasteiger partial charge in [0.15, 0.2) is 0 Å². The number of hydrogen-bond donors (Lipinski definition) is 3. The summed E-state index contributed by atoms with van der Waals surface area (Å²) < 4.78 is 0. The second kappa shape index (κ2) is 5.72. The Labute approximate surface area is 120 Å². The summed E-state index contributed by atoms with van der Waals surface area (Å²) in [4.78, 5) is 23.4. The predicted molar refractivity (Wildman–Crippen MR) is 76.3 cm³/mol. The molecule has 0 aromatic carbocycles. The molecule has 2 heterocycles. The Morgan fingerprint density at radius 3 is 2.25 bits per heavy atom. The van der Waals surface area contributed by atoms with Crippen LogP contribution in [0.1, 0.15) is 52.9 Å². The molecule has 0 aromatic heterocycles. The maximum absolute atomic E-state index is 12.1. The third-order valence-corrected chi connectivity index (χ3v) is 4.46. The molecule has 5 heteroatoms. The largest absolute Gasteiger partial charge is 0.480 e. The van der Waals surface area contributed by atoms with Crippen LogP contribution < -0.4 is 10.6 Å². The quantitative estimate of drug-likeness (QED) is 0.730. The van der Waals surface area contributed by atoms with Crippen molar-refractivity contribution in [1.82, 2.24) is 10.6 Å². The van der Waals surface area contributed by atoms with E-state index < -0.39 is 17.4 Å². The van der Waals surface area contributed by atoms with Crippen molar-refractivity contribution in [3.05, 3.63) is 0 Å². The van der Waals surface area contributed by atoms with Crippen molar-refractivity contribution in [1.29, 1.82) is 0 Å². The molecular weight excluding hydrogens is 256 g/mol. The molecule has 0 aromatic rings. The predicted octanol–water partition coefficient (Wildman–Crippen LogP) is 1.52. The van der Waals surface area contributed by atoms with Gasteiger partial charge < -0.3 is 15.7 Å². The molecule has 3 N–H and O–H groups in total. The first-order chi connectivity index (χ1) is 9.25. The molecule has 2 bridgehead atoms. The van der Waals surface area contributed by atoms with E-state index in [9.17, 15) is 14.7 Å². The summed E-state index contributed by atoms with van der Waals surface area (Å²) in [6, 6.07) is 0.294. The first kappa shape index (κ1) is 15.3. The zero-order chi connectivity index (χ0) is 14.9. The zero-order valence-corrected chi connectivity index (χ0v) is 12.6. The fourth-order valence-corrected chi connectivity index (χ4v) is 3.47. The smallest absolute Gasteiger partial charge is 0.326 e. The van der Waals surface area contributed by atoms with Crippen molar-refractivity contribution in [2.45, 2.75) is 71.0 Å². The van der Waals surface area contributed by atoms with Gasteiger partial charge in [0.2, 0.25) is 5.91 Å². The number of aliphatic carboxylic acids is 1. The van der Waals surface area contributed by atoms with Crippen molar-refractivity contribution in [3.8, 4) is 0 Å². The van der Waals surface area contributed by atoms with Gasteiger partial charge in [-0.25, -0.2) is 4.79 Å². The third-order valence-electron chi connectivity index (χ3n) is 4.46. The minimum Gasteiger partial charge on any atom is -0.480 e. The SMILES string of the molecule is CC(C)(C)[C@@H](NC(=O)CC1CC2CCC(C1)N2)C(=O)O. The van der Waals surface area contributed by atoms with Crippen LogP contribution in [0.15, 0.2) is 0 Å². The number of rotatable bonds is 4. The van der Waals surface area contributed by atoms with E-state index in [0.717, 1.165) is 12.8 Å². The number of carboxylic acids is 1. The van der Waals surface area contributed by atoms with E-state index in [1.54, 1.807) is 0 Å². The minimum absolute atomic E-state index is 0.126. The summed E-state index contributed by atoms with van der Waals surface area (Å²) >= 11 is 0. The Hall–Kier alpha value is -1.10. The van der Waals surface area contributed by atoms with Crippen LogP contribution in [-0.2, 0) is 9.59 Å². The van der Waals surface area contributed by atoms with Gasteiger partial charge in [-0.2, -0.15) is 0 Å². The number of fused-ring (bicyclic) bond motifs is 2. The molecule has 5 nitrogen and oxygen atoms in total. The molecular formula is C15H26N2O3. The maximum atomic E-state index is 12.1. The van der Waals surface area contributed by atoms with Gasteiger partial charge in [-0.05, 0) is 37.0 Å². The van der Waals surface area contributed by atoms with Crippen LogP contribution >= 0.6 is 0 Å². The third kappa shape index (κ3) is 3.72. The molecule has 2 rings (SSSR count). The van der Waals surface area contributed by atoms with Crippen molar-refractivity contribution < 1.29 is 14.7 Å². The summed E-state index contributed by atoms with van der Waals surface area (Å²) in [5.74, 6) is -0.696. The van der Waals surface area contributed by atoms with E-state index in [0.29, 0.717) is 24.4 Å². The second-order valence-electron chi connectivity index (χ2n) is 7.38. The van der Waals surface area contributed by atoms with E-state index in [1.165, 1.54) is 12.8 Å². The van der Waals surface area contributed by atoms with Crippen molar-refractivity contribution in [3.63, 3.8) is 0 Å². The molecule has 2 aliphatic heterocycles. The first-order valence-corrected chi connectivity index (χ1v) is 7.54. The van der Waals surface area contributed by atoms with E-state index in [-0.39, 0.29) is 5.91 Å². The Kier molecular flexibility index (Phi) is 4.37. The lowest BCUT2D eigenvalue weighted by Gasteiger charge is -2.31. The normalized spacial score (nSPS) is 30.9. The summed E-state index contributed by atoms with van der Waals surface area (Å²) in [5.41, 5.74) is -0.478. The van der Waals surface area contributed by atoms with Crippen molar-refractivity contribution in [2.75, 3.05) is 0 Å². The monoisotopic (exact) mass is 282 g/mol. The molecule has 2 aliphatic rings. The highest BCUT2D eigenvalue weighted by Crippen LogP contribution is 2.32. The lowest BCUT2D eigenvalue weighted by molar-refractivity contribution is -0.145. The Balaban J connectivity index is 1.87. The summed E-state index contributed by atoms with van der Waals surface area (Å²) in [6.07, 6.45) is 4.95. The highest BCUT2D eigenvalue weighted by molar-refractivity contribution is 5.84. The fraction of sp³-hybridized carbons (Fsp3) is 0.867. The Bertz CT molecular complexity index is 377. The maximum Gasteiger partial charge on any atom is 0.326 e. The molecule has 0 radical (unpaired) electrons. The molecule has 20 heavy (non-hydrogen) atoms. The average Bonchev–Trinajstić information content (AvgIpc) is 2.64. The molecule has 2 unspecified atom stereocenters. The van der Waals surface area contributed by atoms with Gasteiger partial charge in [0.05, 0.1) is 0 Å². The van der Waals surface area contributed by atoms with Crippen LogP contribution in [-0.4, -0.2) is 35.1 Å². The topological polar surface area (TPSA) is 78.4 Å². The van der Waals surface area contributed by atoms with Crippen molar-refractivity contribution in [2.24, 2.45) is 11.3 Å². The summed E-state index contributed by atoms with van der Waals surface area (Å²) in [5, 5.41) is 15.5. The summed E-state index contributed by atoms with van der Waals surface area (Å²) in [6.45, 7) is 5.49. The number of nitrogens with one attached hydrogen (secondary N) is 2. The van der Waals surface area contributed by atoms with Gasteiger partial charge in [-0.1, -0.05) is 20.8 Å². The van der Waals surface area contributed by atoms with E-state index >= 15 is 0 Å². The van der Waals surface area contributed by atoms with Gasteiger partial charge >= 0.3 is 5.97 Å². The van der Waals surface area contributed by atoms with Crippen LogP contribution in [0.25, 0.3) is 0 Å². The van der Waals surface area contributed by atoms with Crippen LogP contribution in [0.5, 0.6) is 0 Å². The van der Waals surface area contributed by atoms with Crippen LogP contribution in [0.4, 0.5) is 0 Å². The molecule has 3 atom stereocenters. The molecule has 1 amide bonds. The lowest BCUT2D eigenvalue weighted by atomic mass is 9.85. The van der Waals surface area contributed by atoms with Gasteiger partial charge in [-0.3, -0.25) is 4.79 Å². The number of hydrogen-bond acceptors (Lipinski definition) is 3. The Morgan fingerprint density at radius 1 is 1.25 bits per heavy atom. The second-order valence-corrected chi connectivity index (χ2v) is 7.38. The molecule has 0 saturated carbocycles. The fourth-order valence-electron chi connectivity index (χ4n) is 3.47. The average molecular weight is 282 g/mol. The highest BCUT2D eigenvalue weighted by Gasteiger charge is 2.36. The minimum atomic E-state index is -0.962. The van der Waals surface area contributed by atoms with Gasteiger partial charge in [-0.15, -0.1) is 0 Å². The van der Waals surface area contributed by atoms with Gasteiger partial charge in [0, 0.05) is 18.5 Å². The van der Waals surface area contributed by atoms with Gasteiger partial charge in [0.1, 0.15) is 6.04 Å². The first-order valence-electron chi connectivity index (χ1n) is 7.54. The molecule has 0 aliphatic carbocycles. The number of carbonyl (C=O) groups is 2. The molecule has 114 valence electrons. The number of piperidine rings is 1. The molecule has 0 spiro atoms. The van der Waals surface area contributed by atoms with Crippen molar-refractivity contribution >= 4 is 11.9 Å². The molecule has 2 fully saturated rings. The number of carboxylic acid groups (broad SMARTS) is 1. The summed E-state index contributed by atoms with van der Waals surface area (Å²) in [7, 11) is 0. The highest BCUT2D eigenvalue weighted by atomic mass is 16.4. The number of carbonyl (C=O) groups excluding carboxylic acids is 1. The Morgan fingerprint density at radius 2 is 1.80 bits per heavy atom. The number of amides is 1. The van der Waals surface area contributed by atoms with Crippen LogP contribution in [0.3, 0.4) is 0 Å². The van der Waals surface area contributed by atoms with Crippen LogP contribution in [0.2, 0.25) is 0 Å². The van der Waals surface area contributed by atoms with Gasteiger partial charge in [0.25, 0.3) is 0 Å².